The van der Waals surface area contributed by atoms with E-state index < -0.39 is 57.2 Å². The molecular weight excluding hydrogens is 606 g/mol. The zero-order valence-electron chi connectivity index (χ0n) is 22.2. The second-order valence-corrected chi connectivity index (χ2v) is 12.3. The third-order valence-electron chi connectivity index (χ3n) is 7.35. The lowest BCUT2D eigenvalue weighted by Crippen LogP contribution is -2.33. The minimum absolute atomic E-state index is 0.226. The number of nitrogens with zero attached hydrogens (tertiary/aromatic N) is 2. The number of carbonyl (C=O) groups is 3. The van der Waals surface area contributed by atoms with Crippen LogP contribution < -0.4 is 15.1 Å². The Hall–Kier alpha value is -4.23. The molecule has 6 rings (SSSR count). The van der Waals surface area contributed by atoms with Gasteiger partial charge >= 0.3 is 11.0 Å². The summed E-state index contributed by atoms with van der Waals surface area (Å²) in [5.41, 5.74) is 0.723. The van der Waals surface area contributed by atoms with Crippen molar-refractivity contribution in [2.75, 3.05) is 10.2 Å². The standard InChI is InChI=1S/C30H21F4N3O4S2/c1-15-5-11-19(12-6-15)35-21(38)14-36-28-25(43-29(36)41)22(16-7-9-18(31)10-8-16)23-24(42-28)27(40)37(26(23)39)20-4-2-3-17(13-20)30(32,33)34/h2-13,22-24H,14H2,1H3,(H,35,38)/t22-,23?,24?/m1/s1. The SMILES string of the molecule is Cc1ccc(NC(=O)Cn2c3c(sc2=O)[C@H](c2ccc(F)cc2)C2C(=O)N(c4cccc(C(F)(F)F)c4)C(=O)C2S3)cc1. The highest BCUT2D eigenvalue weighted by molar-refractivity contribution is 8.00. The molecule has 1 N–H and O–H groups in total. The van der Waals surface area contributed by atoms with Crippen molar-refractivity contribution >= 4 is 52.2 Å². The Labute approximate surface area is 250 Å². The summed E-state index contributed by atoms with van der Waals surface area (Å²) in [4.78, 5) is 54.4. The van der Waals surface area contributed by atoms with Crippen LogP contribution in [0.3, 0.4) is 0 Å². The summed E-state index contributed by atoms with van der Waals surface area (Å²) in [7, 11) is 0. The first-order valence-corrected chi connectivity index (χ1v) is 14.7. The fourth-order valence-electron chi connectivity index (χ4n) is 5.34. The summed E-state index contributed by atoms with van der Waals surface area (Å²) < 4.78 is 55.5. The Morgan fingerprint density at radius 2 is 1.65 bits per heavy atom. The van der Waals surface area contributed by atoms with Gasteiger partial charge in [-0.15, -0.1) is 0 Å². The Kier molecular flexibility index (Phi) is 7.25. The molecule has 3 heterocycles. The quantitative estimate of drug-likeness (QED) is 0.223. The maximum Gasteiger partial charge on any atom is 0.416 e. The molecule has 1 fully saturated rings. The molecule has 7 nitrogen and oxygen atoms in total. The van der Waals surface area contributed by atoms with E-state index in [4.69, 9.17) is 0 Å². The molecular formula is C30H21F4N3O4S2. The van der Waals surface area contributed by atoms with Gasteiger partial charge in [0.2, 0.25) is 17.7 Å². The third kappa shape index (κ3) is 5.27. The molecule has 0 bridgehead atoms. The molecule has 2 aliphatic rings. The van der Waals surface area contributed by atoms with Crippen molar-refractivity contribution in [2.45, 2.75) is 35.8 Å². The van der Waals surface area contributed by atoms with Gasteiger partial charge in [-0.3, -0.25) is 23.7 Å². The molecule has 0 spiro atoms. The largest absolute Gasteiger partial charge is 0.416 e. The number of benzene rings is 3. The van der Waals surface area contributed by atoms with Crippen molar-refractivity contribution in [1.29, 1.82) is 0 Å². The first kappa shape index (κ1) is 28.9. The fraction of sp³-hybridized carbons (Fsp3) is 0.200. The van der Waals surface area contributed by atoms with E-state index in [1.165, 1.54) is 34.9 Å². The van der Waals surface area contributed by atoms with E-state index in [2.05, 4.69) is 5.32 Å². The van der Waals surface area contributed by atoms with Gasteiger partial charge in [0, 0.05) is 16.5 Å². The van der Waals surface area contributed by atoms with Crippen molar-refractivity contribution in [3.8, 4) is 0 Å². The van der Waals surface area contributed by atoms with Crippen LogP contribution >= 0.6 is 23.1 Å². The van der Waals surface area contributed by atoms with Crippen LogP contribution in [0.15, 0.2) is 82.6 Å². The smallest absolute Gasteiger partial charge is 0.325 e. The first-order chi connectivity index (χ1) is 20.4. The summed E-state index contributed by atoms with van der Waals surface area (Å²) >= 11 is 1.74. The predicted octanol–water partition coefficient (Wildman–Crippen LogP) is 5.81. The van der Waals surface area contributed by atoms with Crippen LogP contribution in [0.5, 0.6) is 0 Å². The molecule has 2 aliphatic heterocycles. The van der Waals surface area contributed by atoms with Gasteiger partial charge in [-0.1, -0.05) is 59.0 Å². The van der Waals surface area contributed by atoms with Gasteiger partial charge in [0.05, 0.1) is 22.2 Å². The maximum absolute atomic E-state index is 13.9. The van der Waals surface area contributed by atoms with E-state index in [9.17, 15) is 36.7 Å². The number of hydrogen-bond donors (Lipinski definition) is 1. The number of thioether (sulfide) groups is 1. The molecule has 220 valence electrons. The number of imide groups is 1. The number of amides is 3. The van der Waals surface area contributed by atoms with Gasteiger partial charge in [0.25, 0.3) is 0 Å². The number of aryl methyl sites for hydroxylation is 1. The van der Waals surface area contributed by atoms with Crippen LogP contribution in [0.2, 0.25) is 0 Å². The fourth-order valence-corrected chi connectivity index (χ4v) is 8.11. The highest BCUT2D eigenvalue weighted by atomic mass is 32.2. The predicted molar refractivity (Wildman–Crippen MR) is 154 cm³/mol. The van der Waals surface area contributed by atoms with E-state index in [0.717, 1.165) is 51.8 Å². The summed E-state index contributed by atoms with van der Waals surface area (Å²) in [6.07, 6.45) is -4.70. The summed E-state index contributed by atoms with van der Waals surface area (Å²) in [6.45, 7) is 1.52. The lowest BCUT2D eigenvalue weighted by Gasteiger charge is -2.30. The van der Waals surface area contributed by atoms with Crippen LogP contribution in [-0.2, 0) is 27.1 Å². The van der Waals surface area contributed by atoms with Crippen molar-refractivity contribution in [3.63, 3.8) is 0 Å². The molecule has 3 amide bonds. The second kappa shape index (κ2) is 10.8. The van der Waals surface area contributed by atoms with Gasteiger partial charge in [0.15, 0.2) is 0 Å². The van der Waals surface area contributed by atoms with E-state index in [1.54, 1.807) is 12.1 Å². The molecule has 2 unspecified atom stereocenters. The molecule has 3 aromatic carbocycles. The van der Waals surface area contributed by atoms with E-state index in [1.807, 2.05) is 19.1 Å². The van der Waals surface area contributed by atoms with Gasteiger partial charge in [-0.05, 0) is 55.0 Å². The zero-order chi connectivity index (χ0) is 30.6. The van der Waals surface area contributed by atoms with Crippen LogP contribution in [0, 0.1) is 18.7 Å². The van der Waals surface area contributed by atoms with E-state index in [-0.39, 0.29) is 12.2 Å². The van der Waals surface area contributed by atoms with Crippen molar-refractivity contribution < 1.29 is 31.9 Å². The first-order valence-electron chi connectivity index (χ1n) is 13.0. The van der Waals surface area contributed by atoms with Gasteiger partial charge in [0.1, 0.15) is 17.6 Å². The zero-order valence-corrected chi connectivity index (χ0v) is 23.9. The van der Waals surface area contributed by atoms with Gasteiger partial charge in [-0.25, -0.2) is 9.29 Å². The normalized spacial score (nSPS) is 19.7. The van der Waals surface area contributed by atoms with Crippen molar-refractivity contribution in [2.24, 2.45) is 5.92 Å². The number of aromatic nitrogens is 1. The Bertz CT molecular complexity index is 1820. The van der Waals surface area contributed by atoms with Gasteiger partial charge in [-0.2, -0.15) is 13.2 Å². The van der Waals surface area contributed by atoms with Gasteiger partial charge < -0.3 is 5.32 Å². The highest BCUT2D eigenvalue weighted by Gasteiger charge is 2.57. The second-order valence-electron chi connectivity index (χ2n) is 10.2. The number of nitrogens with one attached hydrogen (secondary N) is 1. The van der Waals surface area contributed by atoms with E-state index >= 15 is 0 Å². The van der Waals surface area contributed by atoms with E-state index in [0.29, 0.717) is 21.2 Å². The Balaban J connectivity index is 1.40. The lowest BCUT2D eigenvalue weighted by atomic mass is 9.83. The Morgan fingerprint density at radius 3 is 2.33 bits per heavy atom. The highest BCUT2D eigenvalue weighted by Crippen LogP contribution is 2.54. The number of alkyl halides is 3. The topological polar surface area (TPSA) is 88.5 Å². The number of carbonyl (C=O) groups excluding carboxylic acids is 3. The van der Waals surface area contributed by atoms with Crippen LogP contribution in [-0.4, -0.2) is 27.5 Å². The molecule has 0 saturated carbocycles. The third-order valence-corrected chi connectivity index (χ3v) is 9.95. The van der Waals surface area contributed by atoms with Crippen LogP contribution in [0.1, 0.15) is 27.5 Å². The maximum atomic E-state index is 13.9. The number of halogens is 4. The molecule has 43 heavy (non-hydrogen) atoms. The Morgan fingerprint density at radius 1 is 0.953 bits per heavy atom. The molecule has 1 saturated heterocycles. The molecule has 1 aromatic heterocycles. The van der Waals surface area contributed by atoms with Crippen LogP contribution in [0.25, 0.3) is 0 Å². The lowest BCUT2D eigenvalue weighted by molar-refractivity contribution is -0.137. The minimum atomic E-state index is -4.70. The average molecular weight is 628 g/mol. The summed E-state index contributed by atoms with van der Waals surface area (Å²) in [5, 5.41) is 1.93. The van der Waals surface area contributed by atoms with Crippen molar-refractivity contribution in [1.82, 2.24) is 4.57 Å². The number of thiazole rings is 1. The number of hydrogen-bond acceptors (Lipinski definition) is 6. The molecule has 3 atom stereocenters. The molecule has 0 radical (unpaired) electrons. The summed E-state index contributed by atoms with van der Waals surface area (Å²) in [5.74, 6) is -4.47. The molecule has 0 aliphatic carbocycles. The summed E-state index contributed by atoms with van der Waals surface area (Å²) in [6, 6.07) is 16.3. The van der Waals surface area contributed by atoms with Crippen molar-refractivity contribution in [3.05, 3.63) is 110 Å². The monoisotopic (exact) mass is 627 g/mol. The number of fused-ring (bicyclic) bond motifs is 2. The molecule has 4 aromatic rings. The number of rotatable bonds is 5. The average Bonchev–Trinajstić information content (AvgIpc) is 3.40. The van der Waals surface area contributed by atoms with Crippen LogP contribution in [0.4, 0.5) is 28.9 Å². The molecule has 13 heteroatoms. The number of anilines is 2. The minimum Gasteiger partial charge on any atom is -0.325 e.